The third-order valence-corrected chi connectivity index (χ3v) is 2.58. The Morgan fingerprint density at radius 3 is 2.38 bits per heavy atom. The average molecular weight is 220 g/mol. The Morgan fingerprint density at radius 1 is 1.38 bits per heavy atom. The molecule has 0 aliphatic rings. The van der Waals surface area contributed by atoms with Gasteiger partial charge in [-0.3, -0.25) is 4.79 Å². The van der Waals surface area contributed by atoms with Crippen molar-refractivity contribution in [3.05, 3.63) is 29.8 Å². The minimum atomic E-state index is -0.458. The maximum atomic E-state index is 11.7. The number of hydrogen-bond acceptors (Lipinski definition) is 2. The van der Waals surface area contributed by atoms with Crippen molar-refractivity contribution < 1.29 is 4.79 Å². The first-order chi connectivity index (χ1) is 7.56. The monoisotopic (exact) mass is 220 g/mol. The molecule has 1 atom stereocenters. The summed E-state index contributed by atoms with van der Waals surface area (Å²) in [5.74, 6) is -0.0664. The molecule has 1 aromatic rings. The maximum Gasteiger partial charge on any atom is 0.243 e. The Labute approximate surface area is 97.2 Å². The van der Waals surface area contributed by atoms with Crippen molar-refractivity contribution in [1.29, 1.82) is 0 Å². The van der Waals surface area contributed by atoms with Gasteiger partial charge in [0.05, 0.1) is 6.04 Å². The average Bonchev–Trinajstić information content (AvgIpc) is 2.28. The highest BCUT2D eigenvalue weighted by atomic mass is 16.2. The molecule has 0 bridgehead atoms. The van der Waals surface area contributed by atoms with Gasteiger partial charge in [-0.05, 0) is 31.0 Å². The van der Waals surface area contributed by atoms with Gasteiger partial charge in [-0.1, -0.05) is 25.5 Å². The van der Waals surface area contributed by atoms with Crippen LogP contribution < -0.4 is 10.6 Å². The topological polar surface area (TPSA) is 46.3 Å². The summed E-state index contributed by atoms with van der Waals surface area (Å²) in [6.07, 6.45) is 2.21. The molecule has 1 rings (SSSR count). The normalized spacial score (nSPS) is 12.2. The molecule has 88 valence electrons. The molecule has 1 unspecified atom stereocenters. The van der Waals surface area contributed by atoms with E-state index in [-0.39, 0.29) is 5.91 Å². The summed E-state index contributed by atoms with van der Waals surface area (Å²) < 4.78 is 0. The van der Waals surface area contributed by atoms with Crippen molar-refractivity contribution in [1.82, 2.24) is 0 Å². The standard InChI is InChI=1S/C13H20N2O/c1-4-5-11-6-8-12(9-7-11)15(3)13(16)10(2)14/h6-10H,4-5,14H2,1-3H3. The van der Waals surface area contributed by atoms with Crippen molar-refractivity contribution in [3.8, 4) is 0 Å². The van der Waals surface area contributed by atoms with Crippen LogP contribution in [0.3, 0.4) is 0 Å². The zero-order valence-electron chi connectivity index (χ0n) is 10.2. The highest BCUT2D eigenvalue weighted by Gasteiger charge is 2.14. The number of amides is 1. The first-order valence-corrected chi connectivity index (χ1v) is 5.68. The molecular weight excluding hydrogens is 200 g/mol. The quantitative estimate of drug-likeness (QED) is 0.843. The molecule has 0 heterocycles. The highest BCUT2D eigenvalue weighted by molar-refractivity contribution is 5.96. The minimum Gasteiger partial charge on any atom is -0.320 e. The van der Waals surface area contributed by atoms with Gasteiger partial charge in [-0.15, -0.1) is 0 Å². The summed E-state index contributed by atoms with van der Waals surface area (Å²) >= 11 is 0. The summed E-state index contributed by atoms with van der Waals surface area (Å²) in [7, 11) is 1.75. The van der Waals surface area contributed by atoms with Crippen LogP contribution in [0.5, 0.6) is 0 Å². The second-order valence-corrected chi connectivity index (χ2v) is 4.10. The van der Waals surface area contributed by atoms with Gasteiger partial charge in [0.15, 0.2) is 0 Å². The van der Waals surface area contributed by atoms with Gasteiger partial charge < -0.3 is 10.6 Å². The van der Waals surface area contributed by atoms with Crippen LogP contribution in [-0.4, -0.2) is 19.0 Å². The van der Waals surface area contributed by atoms with E-state index in [0.717, 1.165) is 18.5 Å². The van der Waals surface area contributed by atoms with Crippen LogP contribution in [0.2, 0.25) is 0 Å². The molecule has 0 fully saturated rings. The number of likely N-dealkylation sites (N-methyl/N-ethyl adjacent to an activating group) is 1. The highest BCUT2D eigenvalue weighted by Crippen LogP contribution is 2.15. The van der Waals surface area contributed by atoms with E-state index >= 15 is 0 Å². The second kappa shape index (κ2) is 5.66. The summed E-state index contributed by atoms with van der Waals surface area (Å²) in [5, 5.41) is 0. The van der Waals surface area contributed by atoms with E-state index in [1.807, 2.05) is 12.1 Å². The number of benzene rings is 1. The van der Waals surface area contributed by atoms with Crippen LogP contribution in [0.25, 0.3) is 0 Å². The Morgan fingerprint density at radius 2 is 1.94 bits per heavy atom. The molecule has 0 radical (unpaired) electrons. The van der Waals surface area contributed by atoms with Gasteiger partial charge >= 0.3 is 0 Å². The SMILES string of the molecule is CCCc1ccc(N(C)C(=O)C(C)N)cc1. The molecule has 0 spiro atoms. The fourth-order valence-corrected chi connectivity index (χ4v) is 1.61. The zero-order valence-corrected chi connectivity index (χ0v) is 10.2. The van der Waals surface area contributed by atoms with Gasteiger partial charge in [0.2, 0.25) is 5.91 Å². The molecule has 1 amide bonds. The van der Waals surface area contributed by atoms with E-state index in [1.165, 1.54) is 5.56 Å². The lowest BCUT2D eigenvalue weighted by atomic mass is 10.1. The predicted octanol–water partition coefficient (Wildman–Crippen LogP) is 1.95. The number of aryl methyl sites for hydroxylation is 1. The van der Waals surface area contributed by atoms with E-state index in [4.69, 9.17) is 5.73 Å². The van der Waals surface area contributed by atoms with Crippen molar-refractivity contribution in [2.45, 2.75) is 32.7 Å². The van der Waals surface area contributed by atoms with E-state index in [0.29, 0.717) is 0 Å². The number of carbonyl (C=O) groups excluding carboxylic acids is 1. The van der Waals surface area contributed by atoms with Gasteiger partial charge in [0.25, 0.3) is 0 Å². The molecule has 1 aromatic carbocycles. The summed E-state index contributed by atoms with van der Waals surface area (Å²) in [4.78, 5) is 13.3. The number of rotatable bonds is 4. The number of carbonyl (C=O) groups is 1. The Hall–Kier alpha value is -1.35. The number of nitrogens with zero attached hydrogens (tertiary/aromatic N) is 1. The van der Waals surface area contributed by atoms with E-state index < -0.39 is 6.04 Å². The van der Waals surface area contributed by atoms with Crippen LogP contribution >= 0.6 is 0 Å². The van der Waals surface area contributed by atoms with Gasteiger partial charge in [-0.2, -0.15) is 0 Å². The van der Waals surface area contributed by atoms with Crippen molar-refractivity contribution in [2.75, 3.05) is 11.9 Å². The molecular formula is C13H20N2O. The predicted molar refractivity (Wildman–Crippen MR) is 67.5 cm³/mol. The maximum absolute atomic E-state index is 11.7. The number of nitrogens with two attached hydrogens (primary N) is 1. The van der Waals surface area contributed by atoms with E-state index in [2.05, 4.69) is 19.1 Å². The fourth-order valence-electron chi connectivity index (χ4n) is 1.61. The molecule has 16 heavy (non-hydrogen) atoms. The summed E-state index contributed by atoms with van der Waals surface area (Å²) in [6, 6.07) is 7.59. The molecule has 0 aromatic heterocycles. The second-order valence-electron chi connectivity index (χ2n) is 4.10. The fraction of sp³-hybridized carbons (Fsp3) is 0.462. The third-order valence-electron chi connectivity index (χ3n) is 2.58. The minimum absolute atomic E-state index is 0.0664. The Kier molecular flexibility index (Phi) is 4.50. The van der Waals surface area contributed by atoms with Crippen LogP contribution in [0.1, 0.15) is 25.8 Å². The smallest absolute Gasteiger partial charge is 0.243 e. The first kappa shape index (κ1) is 12.7. The first-order valence-electron chi connectivity index (χ1n) is 5.68. The molecule has 3 heteroatoms. The van der Waals surface area contributed by atoms with E-state index in [9.17, 15) is 4.79 Å². The molecule has 0 saturated carbocycles. The van der Waals surface area contributed by atoms with Crippen LogP contribution in [0.4, 0.5) is 5.69 Å². The molecule has 0 saturated heterocycles. The van der Waals surface area contributed by atoms with Crippen molar-refractivity contribution >= 4 is 11.6 Å². The van der Waals surface area contributed by atoms with Gasteiger partial charge in [0, 0.05) is 12.7 Å². The Bertz CT molecular complexity index is 343. The van der Waals surface area contributed by atoms with Crippen LogP contribution in [0, 0.1) is 0 Å². The lowest BCUT2D eigenvalue weighted by Crippen LogP contribution is -2.39. The Balaban J connectivity index is 2.77. The number of anilines is 1. The van der Waals surface area contributed by atoms with Crippen molar-refractivity contribution in [3.63, 3.8) is 0 Å². The summed E-state index contributed by atoms with van der Waals surface area (Å²) in [5.41, 5.74) is 7.75. The lowest BCUT2D eigenvalue weighted by molar-refractivity contribution is -0.119. The zero-order chi connectivity index (χ0) is 12.1. The van der Waals surface area contributed by atoms with E-state index in [1.54, 1.807) is 18.9 Å². The molecule has 3 nitrogen and oxygen atoms in total. The lowest BCUT2D eigenvalue weighted by Gasteiger charge is -2.19. The van der Waals surface area contributed by atoms with Crippen LogP contribution in [-0.2, 0) is 11.2 Å². The largest absolute Gasteiger partial charge is 0.320 e. The molecule has 2 N–H and O–H groups in total. The van der Waals surface area contributed by atoms with Gasteiger partial charge in [-0.25, -0.2) is 0 Å². The third kappa shape index (κ3) is 3.07. The van der Waals surface area contributed by atoms with Gasteiger partial charge in [0.1, 0.15) is 0 Å². The summed E-state index contributed by atoms with van der Waals surface area (Å²) in [6.45, 7) is 3.85. The number of hydrogen-bond donors (Lipinski definition) is 1. The molecule has 0 aliphatic heterocycles. The van der Waals surface area contributed by atoms with Crippen molar-refractivity contribution in [2.24, 2.45) is 5.73 Å². The van der Waals surface area contributed by atoms with Crippen LogP contribution in [0.15, 0.2) is 24.3 Å². The molecule has 0 aliphatic carbocycles.